The van der Waals surface area contributed by atoms with Gasteiger partial charge in [-0.1, -0.05) is 18.6 Å². The van der Waals surface area contributed by atoms with Gasteiger partial charge in [0, 0.05) is 19.1 Å². The molecule has 1 fully saturated rings. The van der Waals surface area contributed by atoms with Crippen LogP contribution in [0.4, 0.5) is 5.69 Å². The summed E-state index contributed by atoms with van der Waals surface area (Å²) in [5.74, 6) is 1.03. The minimum Gasteiger partial charge on any atom is -0.489 e. The molecule has 1 aliphatic rings. The number of methoxy groups -OCH3 is 1. The third-order valence-electron chi connectivity index (χ3n) is 3.65. The third-order valence-corrected chi connectivity index (χ3v) is 3.65. The van der Waals surface area contributed by atoms with Crippen LogP contribution in [0.2, 0.25) is 0 Å². The number of hydrogen-bond donors (Lipinski definition) is 1. The summed E-state index contributed by atoms with van der Waals surface area (Å²) >= 11 is 0. The zero-order valence-corrected chi connectivity index (χ0v) is 12.0. The van der Waals surface area contributed by atoms with E-state index in [9.17, 15) is 0 Å². The van der Waals surface area contributed by atoms with Crippen LogP contribution in [0.3, 0.4) is 0 Å². The van der Waals surface area contributed by atoms with Gasteiger partial charge in [0.05, 0.1) is 18.4 Å². The van der Waals surface area contributed by atoms with E-state index < -0.39 is 0 Å². The van der Waals surface area contributed by atoms with E-state index in [2.05, 4.69) is 11.4 Å². The third kappa shape index (κ3) is 4.14. The average molecular weight is 274 g/mol. The largest absolute Gasteiger partial charge is 0.489 e. The second-order valence-electron chi connectivity index (χ2n) is 5.17. The average Bonchev–Trinajstić information content (AvgIpc) is 2.49. The number of benzene rings is 1. The van der Waals surface area contributed by atoms with E-state index in [1.165, 1.54) is 0 Å². The van der Waals surface area contributed by atoms with Gasteiger partial charge in [0.15, 0.2) is 0 Å². The number of hydrogen-bond acceptors (Lipinski definition) is 4. The van der Waals surface area contributed by atoms with Crippen LogP contribution in [-0.2, 0) is 4.74 Å². The Balaban J connectivity index is 1.96. The van der Waals surface area contributed by atoms with Gasteiger partial charge in [-0.15, -0.1) is 0 Å². The molecule has 0 saturated heterocycles. The number of nitrogens with zero attached hydrogens (tertiary/aromatic N) is 1. The zero-order chi connectivity index (χ0) is 14.2. The highest BCUT2D eigenvalue weighted by atomic mass is 16.5. The molecule has 2 atom stereocenters. The van der Waals surface area contributed by atoms with Crippen LogP contribution >= 0.6 is 0 Å². The number of rotatable bonds is 6. The van der Waals surface area contributed by atoms with Crippen LogP contribution in [-0.4, -0.2) is 26.4 Å². The van der Waals surface area contributed by atoms with Crippen molar-refractivity contribution in [3.05, 3.63) is 24.3 Å². The molecule has 4 nitrogen and oxygen atoms in total. The molecule has 0 aromatic heterocycles. The smallest absolute Gasteiger partial charge is 0.142 e. The molecule has 0 aliphatic heterocycles. The van der Waals surface area contributed by atoms with Crippen molar-refractivity contribution in [2.45, 2.75) is 31.7 Å². The lowest BCUT2D eigenvalue weighted by Crippen LogP contribution is -2.27. The van der Waals surface area contributed by atoms with Crippen LogP contribution < -0.4 is 10.1 Å². The Labute approximate surface area is 120 Å². The minimum atomic E-state index is 0.183. The van der Waals surface area contributed by atoms with E-state index in [0.717, 1.165) is 37.1 Å². The lowest BCUT2D eigenvalue weighted by atomic mass is 9.86. The summed E-state index contributed by atoms with van der Waals surface area (Å²) in [7, 11) is 1.66. The van der Waals surface area contributed by atoms with E-state index >= 15 is 0 Å². The zero-order valence-electron chi connectivity index (χ0n) is 12.0. The number of para-hydroxylation sites is 2. The topological polar surface area (TPSA) is 54.3 Å². The molecule has 0 unspecified atom stereocenters. The Morgan fingerprint density at radius 2 is 2.15 bits per heavy atom. The highest BCUT2D eigenvalue weighted by Crippen LogP contribution is 2.30. The molecule has 1 aromatic carbocycles. The first kappa shape index (κ1) is 14.7. The summed E-state index contributed by atoms with van der Waals surface area (Å²) < 4.78 is 10.7. The monoisotopic (exact) mass is 274 g/mol. The Bertz CT molecular complexity index is 456. The van der Waals surface area contributed by atoms with E-state index in [4.69, 9.17) is 14.7 Å². The van der Waals surface area contributed by atoms with Gasteiger partial charge in [0.25, 0.3) is 0 Å². The molecule has 1 aromatic rings. The van der Waals surface area contributed by atoms with Gasteiger partial charge < -0.3 is 14.8 Å². The quantitative estimate of drug-likeness (QED) is 0.809. The summed E-state index contributed by atoms with van der Waals surface area (Å²) in [4.78, 5) is 0. The van der Waals surface area contributed by atoms with Crippen molar-refractivity contribution in [1.82, 2.24) is 0 Å². The van der Waals surface area contributed by atoms with Crippen molar-refractivity contribution in [3.8, 4) is 11.8 Å². The Morgan fingerprint density at radius 1 is 1.30 bits per heavy atom. The van der Waals surface area contributed by atoms with Gasteiger partial charge in [0.2, 0.25) is 0 Å². The molecule has 108 valence electrons. The Kier molecular flexibility index (Phi) is 5.69. The molecule has 0 heterocycles. The fourth-order valence-electron chi connectivity index (χ4n) is 2.60. The molecule has 4 heteroatoms. The Morgan fingerprint density at radius 3 is 2.95 bits per heavy atom. The van der Waals surface area contributed by atoms with Crippen LogP contribution in [0.1, 0.15) is 25.7 Å². The SMILES string of the molecule is COCCOc1ccccc1N[C@H]1CCC[C@@H](C#N)C1. The maximum Gasteiger partial charge on any atom is 0.142 e. The van der Waals surface area contributed by atoms with Crippen LogP contribution in [0.5, 0.6) is 5.75 Å². The predicted octanol–water partition coefficient (Wildman–Crippen LogP) is 3.21. The lowest BCUT2D eigenvalue weighted by molar-refractivity contribution is 0.146. The second-order valence-corrected chi connectivity index (χ2v) is 5.17. The first-order valence-corrected chi connectivity index (χ1v) is 7.20. The summed E-state index contributed by atoms with van der Waals surface area (Å²) in [5, 5.41) is 12.6. The molecule has 1 saturated carbocycles. The summed E-state index contributed by atoms with van der Waals surface area (Å²) in [6.07, 6.45) is 4.18. The maximum atomic E-state index is 9.06. The van der Waals surface area contributed by atoms with Crippen LogP contribution in [0.15, 0.2) is 24.3 Å². The predicted molar refractivity (Wildman–Crippen MR) is 78.8 cm³/mol. The molecule has 2 rings (SSSR count). The molecule has 0 spiro atoms. The fraction of sp³-hybridized carbons (Fsp3) is 0.562. The normalized spacial score (nSPS) is 22.0. The number of nitriles is 1. The molecule has 0 bridgehead atoms. The number of ether oxygens (including phenoxy) is 2. The number of nitrogens with one attached hydrogen (secondary N) is 1. The van der Waals surface area contributed by atoms with E-state index in [-0.39, 0.29) is 5.92 Å². The van der Waals surface area contributed by atoms with Crippen LogP contribution in [0.25, 0.3) is 0 Å². The molecule has 0 radical (unpaired) electrons. The summed E-state index contributed by atoms with van der Waals surface area (Å²) in [6.45, 7) is 1.12. The van der Waals surface area contributed by atoms with E-state index in [1.54, 1.807) is 7.11 Å². The first-order valence-electron chi connectivity index (χ1n) is 7.20. The minimum absolute atomic E-state index is 0.183. The number of anilines is 1. The lowest BCUT2D eigenvalue weighted by Gasteiger charge is -2.27. The molecule has 1 aliphatic carbocycles. The molecule has 20 heavy (non-hydrogen) atoms. The van der Waals surface area contributed by atoms with Crippen LogP contribution in [0, 0.1) is 17.2 Å². The van der Waals surface area contributed by atoms with Gasteiger partial charge in [-0.3, -0.25) is 0 Å². The Hall–Kier alpha value is -1.73. The molecular weight excluding hydrogens is 252 g/mol. The van der Waals surface area contributed by atoms with Gasteiger partial charge in [-0.2, -0.15) is 5.26 Å². The van der Waals surface area contributed by atoms with Gasteiger partial charge in [0.1, 0.15) is 12.4 Å². The van der Waals surface area contributed by atoms with E-state index in [1.807, 2.05) is 24.3 Å². The first-order chi connectivity index (χ1) is 9.83. The van der Waals surface area contributed by atoms with Gasteiger partial charge >= 0.3 is 0 Å². The standard InChI is InChI=1S/C16H22N2O2/c1-19-9-10-20-16-8-3-2-7-15(16)18-14-6-4-5-13(11-14)12-17/h2-3,7-8,13-14,18H,4-6,9-11H2,1H3/t13-,14+/m1/s1. The molecular formula is C16H22N2O2. The fourth-order valence-corrected chi connectivity index (χ4v) is 2.60. The molecule has 0 amide bonds. The van der Waals surface area contributed by atoms with Crippen molar-refractivity contribution in [3.63, 3.8) is 0 Å². The van der Waals surface area contributed by atoms with Crippen molar-refractivity contribution in [1.29, 1.82) is 5.26 Å². The van der Waals surface area contributed by atoms with Gasteiger partial charge in [-0.25, -0.2) is 0 Å². The summed E-state index contributed by atoms with van der Waals surface area (Å²) in [5.41, 5.74) is 1.01. The van der Waals surface area contributed by atoms with Crippen molar-refractivity contribution in [2.75, 3.05) is 25.6 Å². The van der Waals surface area contributed by atoms with Crippen molar-refractivity contribution in [2.24, 2.45) is 5.92 Å². The maximum absolute atomic E-state index is 9.06. The summed E-state index contributed by atoms with van der Waals surface area (Å²) in [6, 6.07) is 10.7. The molecule has 1 N–H and O–H groups in total. The van der Waals surface area contributed by atoms with Gasteiger partial charge in [-0.05, 0) is 31.4 Å². The van der Waals surface area contributed by atoms with E-state index in [0.29, 0.717) is 19.3 Å². The van der Waals surface area contributed by atoms with Crippen molar-refractivity contribution >= 4 is 5.69 Å². The van der Waals surface area contributed by atoms with Crippen molar-refractivity contribution < 1.29 is 9.47 Å². The second kappa shape index (κ2) is 7.76. The highest BCUT2D eigenvalue weighted by molar-refractivity contribution is 5.56. The highest BCUT2D eigenvalue weighted by Gasteiger charge is 2.22.